The molecule has 0 saturated carbocycles. The summed E-state index contributed by atoms with van der Waals surface area (Å²) in [7, 11) is 1.57. The number of nitrogens with zero attached hydrogens (tertiary/aromatic N) is 4. The number of pyridine rings is 1. The van der Waals surface area contributed by atoms with Crippen LogP contribution in [0.15, 0.2) is 107 Å². The van der Waals surface area contributed by atoms with Gasteiger partial charge in [-0.1, -0.05) is 44.0 Å². The molecule has 3 heterocycles. The van der Waals surface area contributed by atoms with Crippen LogP contribution in [-0.4, -0.2) is 41.6 Å². The molecule has 0 aliphatic carbocycles. The van der Waals surface area contributed by atoms with Crippen molar-refractivity contribution in [2.24, 2.45) is 4.99 Å². The van der Waals surface area contributed by atoms with E-state index in [0.29, 0.717) is 17.9 Å². The first-order valence-corrected chi connectivity index (χ1v) is 15.4. The Hall–Kier alpha value is -3.32. The lowest BCUT2D eigenvalue weighted by molar-refractivity contribution is -0.114. The van der Waals surface area contributed by atoms with Gasteiger partial charge in [-0.3, -0.25) is 39.0 Å². The Morgan fingerprint density at radius 3 is 1.88 bits per heavy atom. The zero-order valence-electron chi connectivity index (χ0n) is 21.9. The summed E-state index contributed by atoms with van der Waals surface area (Å²) in [6, 6.07) is 9.59. The van der Waals surface area contributed by atoms with E-state index in [1.165, 1.54) is 46.6 Å². The fourth-order valence-electron chi connectivity index (χ4n) is 4.73. The van der Waals surface area contributed by atoms with E-state index >= 15 is 0 Å². The number of aromatic nitrogens is 1. The first kappa shape index (κ1) is 30.1. The zero-order chi connectivity index (χ0) is 30.3. The van der Waals surface area contributed by atoms with E-state index in [9.17, 15) is 19.2 Å². The van der Waals surface area contributed by atoms with Crippen LogP contribution in [0.3, 0.4) is 0 Å². The SMILES string of the molecule is C/C=C\C(=C/C=NC)C(=O)N1/C(=C2\C(=O)c3cc(Br)cc(Br)c3N2C(=O)c2ccncc2)C(=O)c2cc(Br)cc(Br)c21. The third-order valence-corrected chi connectivity index (χ3v) is 8.55. The number of allylic oxidation sites excluding steroid dienone is 4. The topological polar surface area (TPSA) is 100 Å². The van der Waals surface area contributed by atoms with Gasteiger partial charge in [0.15, 0.2) is 0 Å². The number of anilines is 2. The molecule has 2 aliphatic rings. The van der Waals surface area contributed by atoms with E-state index in [0.717, 1.165) is 0 Å². The Morgan fingerprint density at radius 1 is 0.833 bits per heavy atom. The van der Waals surface area contributed by atoms with Crippen LogP contribution in [0, 0.1) is 0 Å². The van der Waals surface area contributed by atoms with Crippen molar-refractivity contribution in [2.45, 2.75) is 6.92 Å². The summed E-state index contributed by atoms with van der Waals surface area (Å²) in [6.45, 7) is 1.75. The molecular formula is C30H18Br4N4O4. The molecule has 8 nitrogen and oxygen atoms in total. The number of benzene rings is 2. The van der Waals surface area contributed by atoms with E-state index in [-0.39, 0.29) is 45.0 Å². The second kappa shape index (κ2) is 12.1. The van der Waals surface area contributed by atoms with Crippen LogP contribution in [0.2, 0.25) is 0 Å². The maximum atomic E-state index is 14.3. The highest BCUT2D eigenvalue weighted by Gasteiger charge is 2.48. The van der Waals surface area contributed by atoms with Gasteiger partial charge in [0.1, 0.15) is 11.4 Å². The van der Waals surface area contributed by atoms with Crippen LogP contribution in [-0.2, 0) is 4.79 Å². The van der Waals surface area contributed by atoms with Crippen LogP contribution in [0.1, 0.15) is 38.0 Å². The van der Waals surface area contributed by atoms with Crippen molar-refractivity contribution in [3.05, 3.63) is 119 Å². The van der Waals surface area contributed by atoms with Gasteiger partial charge in [-0.15, -0.1) is 0 Å². The molecule has 2 aromatic carbocycles. The summed E-state index contributed by atoms with van der Waals surface area (Å²) in [5.74, 6) is -2.35. The molecule has 5 rings (SSSR count). The molecule has 42 heavy (non-hydrogen) atoms. The molecule has 0 fully saturated rings. The highest BCUT2D eigenvalue weighted by molar-refractivity contribution is 9.11. The Morgan fingerprint density at radius 2 is 1.36 bits per heavy atom. The van der Waals surface area contributed by atoms with Crippen molar-refractivity contribution in [3.63, 3.8) is 0 Å². The highest BCUT2D eigenvalue weighted by atomic mass is 79.9. The maximum absolute atomic E-state index is 14.3. The summed E-state index contributed by atoms with van der Waals surface area (Å²) in [4.78, 5) is 67.3. The largest absolute Gasteiger partial charge is 0.296 e. The lowest BCUT2D eigenvalue weighted by Crippen LogP contribution is -2.37. The second-order valence-corrected chi connectivity index (χ2v) is 12.5. The quantitative estimate of drug-likeness (QED) is 0.153. The van der Waals surface area contributed by atoms with Crippen LogP contribution < -0.4 is 9.80 Å². The summed E-state index contributed by atoms with van der Waals surface area (Å²) in [5, 5.41) is 0. The molecule has 2 amide bonds. The zero-order valence-corrected chi connectivity index (χ0v) is 28.2. The third kappa shape index (κ3) is 5.10. The van der Waals surface area contributed by atoms with Crippen LogP contribution in [0.25, 0.3) is 0 Å². The summed E-state index contributed by atoms with van der Waals surface area (Å²) < 4.78 is 2.05. The lowest BCUT2D eigenvalue weighted by atomic mass is 10.1. The Labute approximate surface area is 274 Å². The molecule has 0 radical (unpaired) electrons. The molecule has 210 valence electrons. The molecule has 0 saturated heterocycles. The Balaban J connectivity index is 1.88. The molecule has 0 atom stereocenters. The predicted molar refractivity (Wildman–Crippen MR) is 175 cm³/mol. The Bertz CT molecular complexity index is 1830. The predicted octanol–water partition coefficient (Wildman–Crippen LogP) is 7.62. The molecule has 0 bridgehead atoms. The Kier molecular flexibility index (Phi) is 8.70. The van der Waals surface area contributed by atoms with Crippen LogP contribution >= 0.6 is 63.7 Å². The van der Waals surface area contributed by atoms with Crippen LogP contribution in [0.4, 0.5) is 11.4 Å². The standard InChI is InChI=1S/C30H18Br4N4O4/c1-3-4-15(5-8-35-2)29(41)37-23-19(11-17(31)13-21(23)33)27(39)25(37)26-28(40)20-12-18(32)14-22(34)24(20)38(26)30(42)16-6-9-36-10-7-16/h3-14H,1-2H3/b4-3-,15-5+,26-25+,35-8?. The molecule has 0 unspecified atom stereocenters. The number of fused-ring (bicyclic) bond motifs is 2. The fraction of sp³-hybridized carbons (Fsp3) is 0.0667. The average Bonchev–Trinajstić information content (AvgIpc) is 3.41. The number of hydrogen-bond acceptors (Lipinski definition) is 6. The van der Waals surface area contributed by atoms with E-state index in [4.69, 9.17) is 0 Å². The highest BCUT2D eigenvalue weighted by Crippen LogP contribution is 2.49. The van der Waals surface area contributed by atoms with E-state index in [2.05, 4.69) is 73.7 Å². The normalized spacial score (nSPS) is 16.7. The summed E-state index contributed by atoms with van der Waals surface area (Å²) in [5.41, 5.74) is 0.811. The molecule has 0 N–H and O–H groups in total. The third-order valence-electron chi connectivity index (χ3n) is 6.42. The number of carbonyl (C=O) groups excluding carboxylic acids is 4. The van der Waals surface area contributed by atoms with Gasteiger partial charge in [-0.25, -0.2) is 0 Å². The van der Waals surface area contributed by atoms with Gasteiger partial charge in [0.05, 0.1) is 22.5 Å². The molecule has 3 aromatic rings. The van der Waals surface area contributed by atoms with E-state index in [1.54, 1.807) is 50.4 Å². The van der Waals surface area contributed by atoms with E-state index in [1.807, 2.05) is 0 Å². The molecular weight excluding hydrogens is 800 g/mol. The molecule has 2 aliphatic heterocycles. The van der Waals surface area contributed by atoms with Crippen LogP contribution in [0.5, 0.6) is 0 Å². The minimum absolute atomic E-state index is 0.177. The number of rotatable bonds is 4. The second-order valence-electron chi connectivity index (χ2n) is 8.97. The van der Waals surface area contributed by atoms with Crippen molar-refractivity contribution in [3.8, 4) is 0 Å². The van der Waals surface area contributed by atoms with Crippen molar-refractivity contribution in [1.82, 2.24) is 4.98 Å². The first-order valence-electron chi connectivity index (χ1n) is 12.3. The van der Waals surface area contributed by atoms with E-state index < -0.39 is 23.4 Å². The van der Waals surface area contributed by atoms with Gasteiger partial charge in [0.2, 0.25) is 11.6 Å². The van der Waals surface area contributed by atoms with Crippen molar-refractivity contribution in [2.75, 3.05) is 16.8 Å². The van der Waals surface area contributed by atoms with Gasteiger partial charge in [-0.05, 0) is 81.3 Å². The number of hydrogen-bond donors (Lipinski definition) is 0. The molecule has 1 aromatic heterocycles. The number of ketones is 2. The van der Waals surface area contributed by atoms with Gasteiger partial charge in [0, 0.05) is 54.7 Å². The monoisotopic (exact) mass is 814 g/mol. The number of amides is 2. The molecule has 12 heteroatoms. The number of halogens is 4. The number of carbonyl (C=O) groups is 4. The smallest absolute Gasteiger partial charge is 0.263 e. The van der Waals surface area contributed by atoms with Crippen molar-refractivity contribution in [1.29, 1.82) is 0 Å². The van der Waals surface area contributed by atoms with Gasteiger partial charge >= 0.3 is 0 Å². The van der Waals surface area contributed by atoms with Crippen molar-refractivity contribution >= 4 is 105 Å². The maximum Gasteiger partial charge on any atom is 0.263 e. The molecule has 0 spiro atoms. The number of aliphatic imine (C=N–C) groups is 1. The van der Waals surface area contributed by atoms with Gasteiger partial charge in [0.25, 0.3) is 11.8 Å². The first-order chi connectivity index (χ1) is 20.1. The summed E-state index contributed by atoms with van der Waals surface area (Å²) in [6.07, 6.45) is 9.15. The van der Waals surface area contributed by atoms with Crippen molar-refractivity contribution < 1.29 is 19.2 Å². The lowest BCUT2D eigenvalue weighted by Gasteiger charge is -2.25. The minimum Gasteiger partial charge on any atom is -0.296 e. The fourth-order valence-corrected chi connectivity index (χ4v) is 7.54. The number of Topliss-reactive ketones (excluding diaryl/α,β-unsaturated/α-hetero) is 2. The van der Waals surface area contributed by atoms with Gasteiger partial charge < -0.3 is 0 Å². The van der Waals surface area contributed by atoms with Gasteiger partial charge in [-0.2, -0.15) is 0 Å². The average molecular weight is 818 g/mol. The summed E-state index contributed by atoms with van der Waals surface area (Å²) >= 11 is 13.8. The minimum atomic E-state index is -0.594.